The van der Waals surface area contributed by atoms with Crippen molar-refractivity contribution in [1.29, 1.82) is 0 Å². The molecule has 0 aliphatic rings. The van der Waals surface area contributed by atoms with Crippen LogP contribution in [0, 0.1) is 10.1 Å². The molecule has 0 atom stereocenters. The molecular weight excluding hydrogens is 450 g/mol. The highest BCUT2D eigenvalue weighted by molar-refractivity contribution is 9.11. The molecule has 0 bridgehead atoms. The van der Waals surface area contributed by atoms with Crippen LogP contribution in [0.3, 0.4) is 0 Å². The number of H-pyrrole nitrogens is 1. The normalized spacial score (nSPS) is 11.4. The fourth-order valence-electron chi connectivity index (χ4n) is 2.03. The van der Waals surface area contributed by atoms with E-state index < -0.39 is 16.2 Å². The number of fused-ring (bicyclic) bond motifs is 1. The second-order valence-corrected chi connectivity index (χ2v) is 6.36. The molecule has 9 nitrogen and oxygen atoms in total. The maximum absolute atomic E-state index is 12.2. The average molecular weight is 457 g/mol. The Morgan fingerprint density at radius 1 is 1.33 bits per heavy atom. The van der Waals surface area contributed by atoms with Gasteiger partial charge in [-0.05, 0) is 40.2 Å². The number of nitro groups is 1. The number of phenolic OH excluding ortho intramolecular Hbond substituents is 1. The van der Waals surface area contributed by atoms with Gasteiger partial charge in [-0.25, -0.2) is 9.97 Å². The Labute approximate surface area is 150 Å². The SMILES string of the molecule is O=c1c([N+](=O)[O-])c(/C=C/c2cc(Br)cc(Br)c2O)nc2nc[nH]n12. The van der Waals surface area contributed by atoms with Gasteiger partial charge < -0.3 is 5.11 Å². The molecule has 0 radical (unpaired) electrons. The minimum absolute atomic E-state index is 0.00453. The lowest BCUT2D eigenvalue weighted by Crippen LogP contribution is -2.20. The monoisotopic (exact) mass is 455 g/mol. The van der Waals surface area contributed by atoms with Crippen LogP contribution in [-0.2, 0) is 0 Å². The summed E-state index contributed by atoms with van der Waals surface area (Å²) in [6.45, 7) is 0. The van der Waals surface area contributed by atoms with Crippen molar-refractivity contribution in [2.75, 3.05) is 0 Å². The summed E-state index contributed by atoms with van der Waals surface area (Å²) in [5, 5.41) is 23.7. The predicted molar refractivity (Wildman–Crippen MR) is 92.7 cm³/mol. The van der Waals surface area contributed by atoms with E-state index in [0.717, 1.165) is 4.52 Å². The molecule has 2 aromatic heterocycles. The lowest BCUT2D eigenvalue weighted by Gasteiger charge is -2.03. The first kappa shape index (κ1) is 16.3. The van der Waals surface area contributed by atoms with E-state index in [4.69, 9.17) is 0 Å². The van der Waals surface area contributed by atoms with E-state index in [2.05, 4.69) is 46.9 Å². The molecule has 2 N–H and O–H groups in total. The highest BCUT2D eigenvalue weighted by Gasteiger charge is 2.22. The van der Waals surface area contributed by atoms with Gasteiger partial charge in [-0.2, -0.15) is 4.52 Å². The number of nitrogens with zero attached hydrogens (tertiary/aromatic N) is 4. The first-order chi connectivity index (χ1) is 11.4. The molecule has 0 unspecified atom stereocenters. The summed E-state index contributed by atoms with van der Waals surface area (Å²) in [5.41, 5.74) is -1.34. The number of hydrogen-bond donors (Lipinski definition) is 2. The van der Waals surface area contributed by atoms with Crippen LogP contribution in [0.2, 0.25) is 0 Å². The molecule has 3 rings (SSSR count). The van der Waals surface area contributed by atoms with Crippen molar-refractivity contribution < 1.29 is 10.0 Å². The van der Waals surface area contributed by atoms with Crippen LogP contribution >= 0.6 is 31.9 Å². The smallest absolute Gasteiger partial charge is 0.361 e. The molecule has 24 heavy (non-hydrogen) atoms. The number of rotatable bonds is 3. The van der Waals surface area contributed by atoms with E-state index in [1.165, 1.54) is 18.5 Å². The van der Waals surface area contributed by atoms with E-state index in [-0.39, 0.29) is 17.2 Å². The zero-order chi connectivity index (χ0) is 17.4. The van der Waals surface area contributed by atoms with Gasteiger partial charge in [0, 0.05) is 10.0 Å². The minimum Gasteiger partial charge on any atom is -0.506 e. The summed E-state index contributed by atoms with van der Waals surface area (Å²) < 4.78 is 2.02. The molecule has 2 heterocycles. The minimum atomic E-state index is -0.873. The fraction of sp³-hybridized carbons (Fsp3) is 0. The van der Waals surface area contributed by atoms with Crippen molar-refractivity contribution in [1.82, 2.24) is 19.6 Å². The van der Waals surface area contributed by atoms with Gasteiger partial charge in [0.1, 0.15) is 12.1 Å². The number of aromatic amines is 1. The third-order valence-electron chi connectivity index (χ3n) is 3.10. The molecular formula is C13H7Br2N5O4. The Bertz CT molecular complexity index is 1060. The highest BCUT2D eigenvalue weighted by Crippen LogP contribution is 2.33. The van der Waals surface area contributed by atoms with E-state index in [1.807, 2.05) is 0 Å². The quantitative estimate of drug-likeness (QED) is 0.460. The molecule has 1 aromatic carbocycles. The van der Waals surface area contributed by atoms with Crippen molar-refractivity contribution in [3.05, 3.63) is 59.1 Å². The first-order valence-corrected chi connectivity index (χ1v) is 7.93. The lowest BCUT2D eigenvalue weighted by molar-refractivity contribution is -0.386. The van der Waals surface area contributed by atoms with Crippen LogP contribution in [-0.4, -0.2) is 29.6 Å². The topological polar surface area (TPSA) is 126 Å². The van der Waals surface area contributed by atoms with Crippen LogP contribution in [0.1, 0.15) is 11.3 Å². The standard InChI is InChI=1S/C13H7Br2N5O4/c14-7-3-6(11(21)8(15)4-7)1-2-9-10(20(23)24)12(22)19-13(18-9)16-5-17-19/h1-5,21H,(H,16,17,18)/b2-1+. The molecule has 0 aliphatic heterocycles. The van der Waals surface area contributed by atoms with Gasteiger partial charge in [0.2, 0.25) is 0 Å². The second kappa shape index (κ2) is 6.17. The van der Waals surface area contributed by atoms with Crippen molar-refractivity contribution >= 4 is 55.5 Å². The molecule has 0 saturated heterocycles. The Hall–Kier alpha value is -2.53. The number of halogens is 2. The number of aromatic hydroxyl groups is 1. The zero-order valence-corrected chi connectivity index (χ0v) is 14.8. The van der Waals surface area contributed by atoms with Crippen LogP contribution in [0.5, 0.6) is 5.75 Å². The molecule has 0 amide bonds. The lowest BCUT2D eigenvalue weighted by atomic mass is 10.1. The fourth-order valence-corrected chi connectivity index (χ4v) is 3.29. The van der Waals surface area contributed by atoms with Gasteiger partial charge in [0.25, 0.3) is 5.78 Å². The Morgan fingerprint density at radius 2 is 2.08 bits per heavy atom. The molecule has 3 aromatic rings. The van der Waals surface area contributed by atoms with Crippen molar-refractivity contribution in [2.45, 2.75) is 0 Å². The third kappa shape index (κ3) is 2.83. The van der Waals surface area contributed by atoms with E-state index in [0.29, 0.717) is 14.5 Å². The van der Waals surface area contributed by atoms with E-state index >= 15 is 0 Å². The summed E-state index contributed by atoms with van der Waals surface area (Å²) in [5.74, 6) is -0.0421. The first-order valence-electron chi connectivity index (χ1n) is 6.35. The molecule has 0 fully saturated rings. The number of nitrogens with one attached hydrogen (secondary N) is 1. The maximum Gasteiger partial charge on any atom is 0.361 e. The van der Waals surface area contributed by atoms with Crippen LogP contribution < -0.4 is 5.56 Å². The largest absolute Gasteiger partial charge is 0.506 e. The maximum atomic E-state index is 12.2. The predicted octanol–water partition coefficient (Wildman–Crippen LogP) is 2.73. The summed E-state index contributed by atoms with van der Waals surface area (Å²) in [4.78, 5) is 30.4. The van der Waals surface area contributed by atoms with Crippen LogP contribution in [0.4, 0.5) is 5.69 Å². The van der Waals surface area contributed by atoms with Gasteiger partial charge in [-0.15, -0.1) is 0 Å². The van der Waals surface area contributed by atoms with Crippen LogP contribution in [0.25, 0.3) is 17.9 Å². The van der Waals surface area contributed by atoms with Crippen molar-refractivity contribution in [3.63, 3.8) is 0 Å². The van der Waals surface area contributed by atoms with Gasteiger partial charge in [-0.3, -0.25) is 20.0 Å². The zero-order valence-electron chi connectivity index (χ0n) is 11.6. The Kier molecular flexibility index (Phi) is 4.20. The summed E-state index contributed by atoms with van der Waals surface area (Å²) in [6.07, 6.45) is 3.91. The molecule has 0 saturated carbocycles. The highest BCUT2D eigenvalue weighted by atomic mass is 79.9. The summed E-state index contributed by atoms with van der Waals surface area (Å²) >= 11 is 6.48. The molecule has 11 heteroatoms. The van der Waals surface area contributed by atoms with E-state index in [1.54, 1.807) is 12.1 Å². The Morgan fingerprint density at radius 3 is 2.79 bits per heavy atom. The van der Waals surface area contributed by atoms with E-state index in [9.17, 15) is 20.0 Å². The Balaban J connectivity index is 2.18. The summed E-state index contributed by atoms with van der Waals surface area (Å²) in [7, 11) is 0. The number of benzene rings is 1. The van der Waals surface area contributed by atoms with Gasteiger partial charge >= 0.3 is 11.2 Å². The number of phenols is 1. The average Bonchev–Trinajstić information content (AvgIpc) is 2.97. The van der Waals surface area contributed by atoms with Gasteiger partial charge in [0.15, 0.2) is 5.69 Å². The second-order valence-electron chi connectivity index (χ2n) is 4.59. The van der Waals surface area contributed by atoms with Gasteiger partial charge in [0.05, 0.1) is 9.40 Å². The molecule has 122 valence electrons. The van der Waals surface area contributed by atoms with Crippen LogP contribution in [0.15, 0.2) is 32.2 Å². The number of hydrogen-bond acceptors (Lipinski definition) is 6. The molecule has 0 aliphatic carbocycles. The summed E-state index contributed by atoms with van der Waals surface area (Å²) in [6, 6.07) is 3.26. The van der Waals surface area contributed by atoms with Crippen molar-refractivity contribution in [3.8, 4) is 5.75 Å². The third-order valence-corrected chi connectivity index (χ3v) is 4.16. The molecule has 0 spiro atoms. The van der Waals surface area contributed by atoms with Gasteiger partial charge in [-0.1, -0.05) is 15.9 Å². The van der Waals surface area contributed by atoms with Crippen molar-refractivity contribution in [2.24, 2.45) is 0 Å². The number of aromatic nitrogens is 4.